The summed E-state index contributed by atoms with van der Waals surface area (Å²) >= 11 is 0. The number of anilines is 1. The highest BCUT2D eigenvalue weighted by Crippen LogP contribution is 2.33. The first kappa shape index (κ1) is 15.3. The first-order chi connectivity index (χ1) is 12.2. The molecule has 0 amide bonds. The maximum Gasteiger partial charge on any atom is 0.293 e. The van der Waals surface area contributed by atoms with Gasteiger partial charge in [0.15, 0.2) is 5.76 Å². The van der Waals surface area contributed by atoms with E-state index >= 15 is 0 Å². The number of rotatable bonds is 4. The van der Waals surface area contributed by atoms with Crippen LogP contribution in [0.15, 0.2) is 45.5 Å². The van der Waals surface area contributed by atoms with Crippen molar-refractivity contribution in [2.45, 2.75) is 0 Å². The summed E-state index contributed by atoms with van der Waals surface area (Å²) in [5.74, 6) is 0.956. The van der Waals surface area contributed by atoms with Crippen molar-refractivity contribution in [3.8, 4) is 23.0 Å². The highest BCUT2D eigenvalue weighted by molar-refractivity contribution is 5.71. The molecule has 1 saturated heterocycles. The van der Waals surface area contributed by atoms with E-state index in [1.807, 2.05) is 4.90 Å². The number of nitro groups is 1. The Bertz CT molecular complexity index is 884. The number of aromatic nitrogens is 2. The van der Waals surface area contributed by atoms with Crippen LogP contribution in [-0.2, 0) is 4.74 Å². The van der Waals surface area contributed by atoms with Crippen LogP contribution in [0.2, 0.25) is 0 Å². The Balaban J connectivity index is 1.69. The summed E-state index contributed by atoms with van der Waals surface area (Å²) in [6.45, 7) is 2.33. The molecule has 1 aliphatic rings. The largest absolute Gasteiger partial charge is 0.461 e. The predicted molar refractivity (Wildman–Crippen MR) is 87.1 cm³/mol. The molecule has 0 atom stereocenters. The van der Waals surface area contributed by atoms with Crippen molar-refractivity contribution in [1.82, 2.24) is 10.1 Å². The second-order valence-corrected chi connectivity index (χ2v) is 5.46. The lowest BCUT2D eigenvalue weighted by atomic mass is 10.1. The third kappa shape index (κ3) is 2.96. The molecule has 3 aromatic rings. The zero-order valence-corrected chi connectivity index (χ0v) is 13.1. The van der Waals surface area contributed by atoms with Crippen molar-refractivity contribution in [3.05, 3.63) is 46.7 Å². The van der Waals surface area contributed by atoms with E-state index in [4.69, 9.17) is 13.7 Å². The van der Waals surface area contributed by atoms with Gasteiger partial charge in [-0.3, -0.25) is 10.1 Å². The van der Waals surface area contributed by atoms with Gasteiger partial charge in [0, 0.05) is 24.7 Å². The molecule has 0 bridgehead atoms. The van der Waals surface area contributed by atoms with E-state index in [1.54, 1.807) is 24.3 Å². The van der Waals surface area contributed by atoms with Gasteiger partial charge in [0.05, 0.1) is 24.4 Å². The SMILES string of the molecule is O=[N+]([O-])c1cc(-c2nc(-c3ccco3)no2)ccc1N1CCOCC1. The van der Waals surface area contributed by atoms with Gasteiger partial charge >= 0.3 is 0 Å². The minimum Gasteiger partial charge on any atom is -0.461 e. The molecule has 0 saturated carbocycles. The number of furan rings is 1. The van der Waals surface area contributed by atoms with E-state index in [0.29, 0.717) is 49.1 Å². The Morgan fingerprint density at radius 1 is 1.20 bits per heavy atom. The van der Waals surface area contributed by atoms with Gasteiger partial charge in [0.2, 0.25) is 5.82 Å². The molecule has 1 fully saturated rings. The van der Waals surface area contributed by atoms with Gasteiger partial charge in [-0.2, -0.15) is 4.98 Å². The quantitative estimate of drug-likeness (QED) is 0.526. The molecule has 0 N–H and O–H groups in total. The van der Waals surface area contributed by atoms with Crippen molar-refractivity contribution >= 4 is 11.4 Å². The number of morpholine rings is 1. The Kier molecular flexibility index (Phi) is 3.90. The number of hydrogen-bond donors (Lipinski definition) is 0. The monoisotopic (exact) mass is 342 g/mol. The van der Waals surface area contributed by atoms with Gasteiger partial charge in [-0.25, -0.2) is 0 Å². The third-order valence-electron chi connectivity index (χ3n) is 3.94. The molecular weight excluding hydrogens is 328 g/mol. The van der Waals surface area contributed by atoms with E-state index < -0.39 is 4.92 Å². The summed E-state index contributed by atoms with van der Waals surface area (Å²) in [5, 5.41) is 15.4. The van der Waals surface area contributed by atoms with E-state index in [1.165, 1.54) is 12.3 Å². The van der Waals surface area contributed by atoms with Crippen LogP contribution < -0.4 is 4.90 Å². The first-order valence-electron chi connectivity index (χ1n) is 7.71. The average Bonchev–Trinajstić information content (AvgIpc) is 3.33. The number of hydrogen-bond acceptors (Lipinski definition) is 8. The second-order valence-electron chi connectivity index (χ2n) is 5.46. The second kappa shape index (κ2) is 6.36. The van der Waals surface area contributed by atoms with Crippen molar-refractivity contribution in [3.63, 3.8) is 0 Å². The van der Waals surface area contributed by atoms with Crippen LogP contribution in [0.1, 0.15) is 0 Å². The molecule has 0 aliphatic carbocycles. The Morgan fingerprint density at radius 2 is 2.04 bits per heavy atom. The minimum absolute atomic E-state index is 0.00264. The lowest BCUT2D eigenvalue weighted by molar-refractivity contribution is -0.384. The Morgan fingerprint density at radius 3 is 2.76 bits per heavy atom. The first-order valence-corrected chi connectivity index (χ1v) is 7.71. The number of nitro benzene ring substituents is 1. The third-order valence-corrected chi connectivity index (χ3v) is 3.94. The van der Waals surface area contributed by atoms with Crippen LogP contribution in [0.25, 0.3) is 23.0 Å². The maximum absolute atomic E-state index is 11.5. The molecule has 9 nitrogen and oxygen atoms in total. The minimum atomic E-state index is -0.405. The molecule has 9 heteroatoms. The van der Waals surface area contributed by atoms with Crippen LogP contribution in [0.4, 0.5) is 11.4 Å². The van der Waals surface area contributed by atoms with Crippen molar-refractivity contribution in [2.75, 3.05) is 31.2 Å². The van der Waals surface area contributed by atoms with Crippen molar-refractivity contribution < 1.29 is 18.6 Å². The van der Waals surface area contributed by atoms with E-state index in [0.717, 1.165) is 0 Å². The molecule has 25 heavy (non-hydrogen) atoms. The summed E-state index contributed by atoms with van der Waals surface area (Å²) in [5.41, 5.74) is 1.04. The highest BCUT2D eigenvalue weighted by Gasteiger charge is 2.23. The summed E-state index contributed by atoms with van der Waals surface area (Å²) in [6.07, 6.45) is 1.51. The van der Waals surface area contributed by atoms with E-state index in [2.05, 4.69) is 10.1 Å². The molecular formula is C16H14N4O5. The highest BCUT2D eigenvalue weighted by atomic mass is 16.6. The van der Waals surface area contributed by atoms with Crippen molar-refractivity contribution in [1.29, 1.82) is 0 Å². The Hall–Kier alpha value is -3.20. The van der Waals surface area contributed by atoms with Crippen molar-refractivity contribution in [2.24, 2.45) is 0 Å². The fourth-order valence-corrected chi connectivity index (χ4v) is 2.72. The number of nitrogens with zero attached hydrogens (tertiary/aromatic N) is 4. The normalized spacial score (nSPS) is 14.6. The molecule has 128 valence electrons. The summed E-state index contributed by atoms with van der Waals surface area (Å²) < 4.78 is 15.7. The van der Waals surface area contributed by atoms with Gasteiger partial charge in [-0.15, -0.1) is 0 Å². The molecule has 3 heterocycles. The van der Waals surface area contributed by atoms with Gasteiger partial charge in [-0.1, -0.05) is 5.16 Å². The molecule has 4 rings (SSSR count). The lowest BCUT2D eigenvalue weighted by Gasteiger charge is -2.28. The number of benzene rings is 1. The van der Waals surface area contributed by atoms with Crippen LogP contribution in [0.3, 0.4) is 0 Å². The van der Waals surface area contributed by atoms with Gasteiger partial charge in [0.25, 0.3) is 11.6 Å². The molecule has 1 aromatic carbocycles. The van der Waals surface area contributed by atoms with Crippen LogP contribution in [0, 0.1) is 10.1 Å². The fourth-order valence-electron chi connectivity index (χ4n) is 2.72. The summed E-state index contributed by atoms with van der Waals surface area (Å²) in [4.78, 5) is 17.3. The van der Waals surface area contributed by atoms with Crippen LogP contribution in [-0.4, -0.2) is 41.4 Å². The molecule has 0 unspecified atom stereocenters. The summed E-state index contributed by atoms with van der Waals surface area (Å²) in [6, 6.07) is 8.31. The predicted octanol–water partition coefficient (Wildman–Crippen LogP) is 2.74. The standard InChI is InChI=1S/C16H14N4O5/c21-20(22)13-10-11(3-4-12(13)19-5-8-23-9-6-19)16-17-15(18-25-16)14-2-1-7-24-14/h1-4,7,10H,5-6,8-9H2. The van der Waals surface area contributed by atoms with Crippen LogP contribution >= 0.6 is 0 Å². The zero-order valence-electron chi connectivity index (χ0n) is 13.1. The van der Waals surface area contributed by atoms with Crippen LogP contribution in [0.5, 0.6) is 0 Å². The zero-order chi connectivity index (χ0) is 17.2. The van der Waals surface area contributed by atoms with E-state index in [9.17, 15) is 10.1 Å². The fraction of sp³-hybridized carbons (Fsp3) is 0.250. The molecule has 0 spiro atoms. The lowest BCUT2D eigenvalue weighted by Crippen LogP contribution is -2.36. The Labute approximate surface area is 142 Å². The van der Waals surface area contributed by atoms with E-state index in [-0.39, 0.29) is 11.6 Å². The number of ether oxygens (including phenoxy) is 1. The molecule has 1 aliphatic heterocycles. The molecule has 2 aromatic heterocycles. The summed E-state index contributed by atoms with van der Waals surface area (Å²) in [7, 11) is 0. The molecule has 0 radical (unpaired) electrons. The maximum atomic E-state index is 11.5. The topological polar surface area (TPSA) is 108 Å². The average molecular weight is 342 g/mol. The smallest absolute Gasteiger partial charge is 0.293 e. The van der Waals surface area contributed by atoms with Gasteiger partial charge in [0.1, 0.15) is 5.69 Å². The van der Waals surface area contributed by atoms with Gasteiger partial charge < -0.3 is 18.6 Å². The van der Waals surface area contributed by atoms with Gasteiger partial charge in [-0.05, 0) is 24.3 Å².